The van der Waals surface area contributed by atoms with Gasteiger partial charge in [-0.3, -0.25) is 5.41 Å². The average Bonchev–Trinajstić information content (AvgIpc) is 3.50. The largest absolute Gasteiger partial charge is 0.356 e. The Labute approximate surface area is 159 Å². The third-order valence-corrected chi connectivity index (χ3v) is 5.58. The second kappa shape index (κ2) is 7.59. The molecule has 4 rings (SSSR count). The molecule has 1 aliphatic heterocycles. The van der Waals surface area contributed by atoms with E-state index in [1.54, 1.807) is 36.4 Å². The Balaban J connectivity index is 1.60. The van der Waals surface area contributed by atoms with Gasteiger partial charge in [0.2, 0.25) is 0 Å². The first-order valence-corrected chi connectivity index (χ1v) is 9.76. The summed E-state index contributed by atoms with van der Waals surface area (Å²) in [4.78, 5) is 6.74. The molecular formula is C22H25FN4. The minimum atomic E-state index is -0.513. The first-order chi connectivity index (χ1) is 13.1. The van der Waals surface area contributed by atoms with Crippen molar-refractivity contribution in [2.45, 2.75) is 32.1 Å². The summed E-state index contributed by atoms with van der Waals surface area (Å²) in [5.74, 6) is 1.83. The minimum absolute atomic E-state index is 0.0246. The van der Waals surface area contributed by atoms with E-state index in [0.717, 1.165) is 31.2 Å². The van der Waals surface area contributed by atoms with Crippen LogP contribution in [0.3, 0.4) is 0 Å². The highest BCUT2D eigenvalue weighted by atomic mass is 19.1. The fraction of sp³-hybridized carbons (Fsp3) is 0.409. The summed E-state index contributed by atoms with van der Waals surface area (Å²) in [6, 6.07) is 11.7. The molecule has 1 aromatic carbocycles. The predicted molar refractivity (Wildman–Crippen MR) is 105 cm³/mol. The molecule has 2 fully saturated rings. The van der Waals surface area contributed by atoms with Crippen molar-refractivity contribution in [3.8, 4) is 0 Å². The summed E-state index contributed by atoms with van der Waals surface area (Å²) >= 11 is 0. The zero-order valence-electron chi connectivity index (χ0n) is 15.4. The number of anilines is 1. The lowest BCUT2D eigenvalue weighted by Crippen LogP contribution is -2.36. The molecule has 140 valence electrons. The molecule has 0 radical (unpaired) electrons. The van der Waals surface area contributed by atoms with Gasteiger partial charge in [0.1, 0.15) is 11.5 Å². The van der Waals surface area contributed by atoms with Crippen LogP contribution in [0.2, 0.25) is 0 Å². The Morgan fingerprint density at radius 1 is 1.07 bits per heavy atom. The Bertz CT molecular complexity index is 907. The van der Waals surface area contributed by atoms with Crippen LogP contribution in [0.25, 0.3) is 0 Å². The number of hydrogen-bond acceptors (Lipinski definition) is 4. The number of piperidine rings is 1. The molecule has 1 aliphatic carbocycles. The van der Waals surface area contributed by atoms with Gasteiger partial charge in [-0.1, -0.05) is 37.1 Å². The summed E-state index contributed by atoms with van der Waals surface area (Å²) in [5, 5.41) is 16.7. The van der Waals surface area contributed by atoms with E-state index in [9.17, 15) is 4.39 Å². The van der Waals surface area contributed by atoms with Crippen LogP contribution < -0.4 is 10.3 Å². The van der Waals surface area contributed by atoms with Gasteiger partial charge in [-0.2, -0.15) is 0 Å². The van der Waals surface area contributed by atoms with E-state index in [4.69, 9.17) is 10.8 Å². The van der Waals surface area contributed by atoms with Crippen molar-refractivity contribution < 1.29 is 4.39 Å². The van der Waals surface area contributed by atoms with Crippen molar-refractivity contribution in [2.75, 3.05) is 18.0 Å². The maximum atomic E-state index is 14.5. The van der Waals surface area contributed by atoms with Gasteiger partial charge in [-0.15, -0.1) is 0 Å². The van der Waals surface area contributed by atoms with Crippen LogP contribution in [-0.2, 0) is 0 Å². The van der Waals surface area contributed by atoms with Gasteiger partial charge in [0.15, 0.2) is 5.82 Å². The lowest BCUT2D eigenvalue weighted by atomic mass is 9.92. The quantitative estimate of drug-likeness (QED) is 0.784. The maximum absolute atomic E-state index is 14.5. The fourth-order valence-corrected chi connectivity index (χ4v) is 3.97. The molecule has 5 heteroatoms. The van der Waals surface area contributed by atoms with Crippen LogP contribution >= 0.6 is 0 Å². The van der Waals surface area contributed by atoms with E-state index in [0.29, 0.717) is 11.5 Å². The number of nitrogens with one attached hydrogen (secondary N) is 2. The molecule has 0 bridgehead atoms. The first-order valence-electron chi connectivity index (χ1n) is 9.76. The molecule has 1 aromatic heterocycles. The van der Waals surface area contributed by atoms with Gasteiger partial charge >= 0.3 is 0 Å². The molecule has 4 nitrogen and oxygen atoms in total. The topological polar surface area (TPSA) is 63.8 Å². The molecule has 1 atom stereocenters. The molecular weight excluding hydrogens is 339 g/mol. The SMILES string of the molecule is N=C(c1nc(N2CCCC(CC3CC3)C2)ccc1F)c1cccccc1=N. The van der Waals surface area contributed by atoms with E-state index in [-0.39, 0.29) is 16.8 Å². The fourth-order valence-electron chi connectivity index (χ4n) is 3.97. The number of halogens is 1. The number of hydrogen-bond donors (Lipinski definition) is 2. The third kappa shape index (κ3) is 4.07. The van der Waals surface area contributed by atoms with E-state index >= 15 is 0 Å². The van der Waals surface area contributed by atoms with Gasteiger partial charge in [-0.25, -0.2) is 9.37 Å². The van der Waals surface area contributed by atoms with Crippen molar-refractivity contribution in [1.29, 1.82) is 10.8 Å². The Hall–Kier alpha value is -2.56. The smallest absolute Gasteiger partial charge is 0.151 e. The third-order valence-electron chi connectivity index (χ3n) is 5.58. The molecule has 1 unspecified atom stereocenters. The van der Waals surface area contributed by atoms with Crippen LogP contribution in [0.5, 0.6) is 0 Å². The van der Waals surface area contributed by atoms with Crippen molar-refractivity contribution in [3.05, 3.63) is 64.9 Å². The number of rotatable bonds is 5. The van der Waals surface area contributed by atoms with Crippen LogP contribution in [0.1, 0.15) is 43.4 Å². The van der Waals surface area contributed by atoms with Crippen LogP contribution in [-0.4, -0.2) is 23.8 Å². The van der Waals surface area contributed by atoms with Crippen molar-refractivity contribution in [2.24, 2.45) is 11.8 Å². The molecule has 2 aromatic rings. The second-order valence-corrected chi connectivity index (χ2v) is 7.75. The molecule has 2 aliphatic rings. The van der Waals surface area contributed by atoms with E-state index in [2.05, 4.69) is 9.88 Å². The van der Waals surface area contributed by atoms with Crippen LogP contribution in [0.15, 0.2) is 42.5 Å². The summed E-state index contributed by atoms with van der Waals surface area (Å²) < 4.78 is 14.5. The first kappa shape index (κ1) is 17.8. The average molecular weight is 364 g/mol. The molecule has 1 saturated carbocycles. The Kier molecular flexibility index (Phi) is 5.01. The van der Waals surface area contributed by atoms with E-state index < -0.39 is 5.82 Å². The minimum Gasteiger partial charge on any atom is -0.356 e. The lowest BCUT2D eigenvalue weighted by Gasteiger charge is -2.34. The number of pyridine rings is 1. The zero-order valence-corrected chi connectivity index (χ0v) is 15.4. The van der Waals surface area contributed by atoms with Crippen LogP contribution in [0, 0.1) is 28.5 Å². The van der Waals surface area contributed by atoms with Crippen molar-refractivity contribution >= 4 is 11.5 Å². The van der Waals surface area contributed by atoms with Gasteiger partial charge in [0.05, 0.1) is 11.1 Å². The number of aromatic nitrogens is 1. The van der Waals surface area contributed by atoms with Crippen molar-refractivity contribution in [1.82, 2.24) is 4.98 Å². The lowest BCUT2D eigenvalue weighted by molar-refractivity contribution is 0.373. The molecule has 0 amide bonds. The monoisotopic (exact) mass is 364 g/mol. The number of nitrogens with zero attached hydrogens (tertiary/aromatic N) is 2. The standard InChI is InChI=1S/C22H25FN4/c23-18-10-11-20(27-12-4-5-16(14-27)13-15-8-9-15)26-22(18)21(25)17-6-2-1-3-7-19(17)24/h1-3,6-7,10-11,15-16,24-25H,4-5,8-9,12-14H2. The van der Waals surface area contributed by atoms with Crippen LogP contribution in [0.4, 0.5) is 10.2 Å². The maximum Gasteiger partial charge on any atom is 0.151 e. The molecule has 0 spiro atoms. The van der Waals surface area contributed by atoms with Gasteiger partial charge in [0, 0.05) is 18.7 Å². The highest BCUT2D eigenvalue weighted by molar-refractivity contribution is 6.09. The Morgan fingerprint density at radius 3 is 2.70 bits per heavy atom. The van der Waals surface area contributed by atoms with Gasteiger partial charge < -0.3 is 10.3 Å². The Morgan fingerprint density at radius 2 is 1.89 bits per heavy atom. The molecule has 27 heavy (non-hydrogen) atoms. The highest BCUT2D eigenvalue weighted by Crippen LogP contribution is 2.38. The summed E-state index contributed by atoms with van der Waals surface area (Å²) in [5.41, 5.74) is 0.368. The highest BCUT2D eigenvalue weighted by Gasteiger charge is 2.29. The van der Waals surface area contributed by atoms with E-state index in [1.807, 2.05) is 0 Å². The zero-order chi connectivity index (χ0) is 18.8. The molecule has 1 saturated heterocycles. The van der Waals surface area contributed by atoms with Gasteiger partial charge in [0.25, 0.3) is 0 Å². The summed E-state index contributed by atoms with van der Waals surface area (Å²) in [6.45, 7) is 1.89. The molecule has 2 heterocycles. The predicted octanol–water partition coefficient (Wildman–Crippen LogP) is 4.13. The summed E-state index contributed by atoms with van der Waals surface area (Å²) in [6.07, 6.45) is 6.43. The summed E-state index contributed by atoms with van der Waals surface area (Å²) in [7, 11) is 0. The van der Waals surface area contributed by atoms with E-state index in [1.165, 1.54) is 31.7 Å². The normalized spacial score (nSPS) is 19.7. The molecule has 2 N–H and O–H groups in total. The second-order valence-electron chi connectivity index (χ2n) is 7.75. The van der Waals surface area contributed by atoms with Crippen molar-refractivity contribution in [3.63, 3.8) is 0 Å². The van der Waals surface area contributed by atoms with Gasteiger partial charge in [-0.05, 0) is 49.3 Å².